The largest absolute Gasteiger partial charge is 0.504 e. The van der Waals surface area contributed by atoms with E-state index in [1.165, 1.54) is 36.8 Å². The Balaban J connectivity index is 1.46. The van der Waals surface area contributed by atoms with Crippen molar-refractivity contribution in [3.63, 3.8) is 0 Å². The zero-order valence-corrected chi connectivity index (χ0v) is 15.6. The van der Waals surface area contributed by atoms with E-state index in [-0.39, 0.29) is 5.75 Å². The number of thiophene rings is 1. The normalized spacial score (nSPS) is 22.7. The van der Waals surface area contributed by atoms with Crippen LogP contribution >= 0.6 is 11.3 Å². The number of phenols is 1. The van der Waals surface area contributed by atoms with Crippen LogP contribution in [0.4, 0.5) is 0 Å². The highest BCUT2D eigenvalue weighted by molar-refractivity contribution is 7.12. The van der Waals surface area contributed by atoms with Gasteiger partial charge >= 0.3 is 0 Å². The van der Waals surface area contributed by atoms with Gasteiger partial charge in [0.2, 0.25) is 0 Å². The Bertz CT molecular complexity index is 808. The predicted molar refractivity (Wildman–Crippen MR) is 101 cm³/mol. The van der Waals surface area contributed by atoms with Crippen molar-refractivity contribution in [2.75, 3.05) is 13.7 Å². The van der Waals surface area contributed by atoms with Crippen LogP contribution in [0.1, 0.15) is 51.7 Å². The van der Waals surface area contributed by atoms with E-state index < -0.39 is 0 Å². The fourth-order valence-corrected chi connectivity index (χ4v) is 6.07. The van der Waals surface area contributed by atoms with Crippen LogP contribution in [-0.4, -0.2) is 23.7 Å². The first-order valence-electron chi connectivity index (χ1n) is 9.46. The number of phenolic OH excluding ortho intramolecular Hbond substituents is 1. The zero-order valence-electron chi connectivity index (χ0n) is 14.8. The minimum atomic E-state index is 0.260. The Morgan fingerprint density at radius 1 is 1.32 bits per heavy atom. The van der Waals surface area contributed by atoms with Crippen LogP contribution in [0.3, 0.4) is 0 Å². The van der Waals surface area contributed by atoms with Gasteiger partial charge in [-0.1, -0.05) is 25.3 Å². The molecule has 1 atom stereocenters. The molecule has 0 spiro atoms. The van der Waals surface area contributed by atoms with Crippen molar-refractivity contribution in [2.24, 2.45) is 5.92 Å². The number of benzene rings is 1. The Morgan fingerprint density at radius 3 is 2.96 bits per heavy atom. The lowest BCUT2D eigenvalue weighted by Gasteiger charge is -2.40. The number of rotatable bonds is 3. The summed E-state index contributed by atoms with van der Waals surface area (Å²) in [5, 5.41) is 10.1. The van der Waals surface area contributed by atoms with Crippen molar-refractivity contribution in [2.45, 2.75) is 51.1 Å². The molecule has 0 amide bonds. The molecule has 0 saturated heterocycles. The van der Waals surface area contributed by atoms with Gasteiger partial charge in [-0.25, -0.2) is 0 Å². The summed E-state index contributed by atoms with van der Waals surface area (Å²) in [5.41, 5.74) is 4.07. The molecular formula is C21H25NO2S. The molecule has 1 fully saturated rings. The highest BCUT2D eigenvalue weighted by atomic mass is 32.1. The maximum atomic E-state index is 10.1. The predicted octanol–water partition coefficient (Wildman–Crippen LogP) is 4.46. The topological polar surface area (TPSA) is 32.7 Å². The molecular weight excluding hydrogens is 330 g/mol. The molecule has 3 nitrogen and oxygen atoms in total. The molecule has 3 heterocycles. The van der Waals surface area contributed by atoms with Crippen LogP contribution < -0.4 is 4.74 Å². The molecule has 1 saturated carbocycles. The van der Waals surface area contributed by atoms with Gasteiger partial charge in [-0.05, 0) is 48.4 Å². The monoisotopic (exact) mass is 355 g/mol. The van der Waals surface area contributed by atoms with Crippen LogP contribution in [-0.2, 0) is 25.8 Å². The lowest BCUT2D eigenvalue weighted by Crippen LogP contribution is -2.38. The van der Waals surface area contributed by atoms with Gasteiger partial charge in [0, 0.05) is 34.4 Å². The van der Waals surface area contributed by atoms with Crippen LogP contribution in [0.2, 0.25) is 0 Å². The fourth-order valence-electron chi connectivity index (χ4n) is 4.75. The number of fused-ring (bicyclic) bond motifs is 4. The second kappa shape index (κ2) is 6.03. The van der Waals surface area contributed by atoms with E-state index >= 15 is 0 Å². The quantitative estimate of drug-likeness (QED) is 0.882. The Hall–Kier alpha value is -1.52. The molecule has 1 aromatic heterocycles. The van der Waals surface area contributed by atoms with Crippen molar-refractivity contribution in [3.8, 4) is 11.5 Å². The first-order valence-corrected chi connectivity index (χ1v) is 10.3. The number of methoxy groups -OCH3 is 1. The second-order valence-electron chi connectivity index (χ2n) is 7.79. The number of hydrogen-bond donors (Lipinski definition) is 1. The molecule has 2 aromatic rings. The van der Waals surface area contributed by atoms with Crippen molar-refractivity contribution in [3.05, 3.63) is 44.6 Å². The SMILES string of the molecule is COc1c(O)ccc2c1CN1CCc3sc(CC4CCC4)cc3[C@@H]1C2. The molecule has 1 aromatic carbocycles. The van der Waals surface area contributed by atoms with E-state index in [1.54, 1.807) is 28.5 Å². The van der Waals surface area contributed by atoms with Crippen LogP contribution in [0.25, 0.3) is 0 Å². The lowest BCUT2D eigenvalue weighted by atomic mass is 9.82. The molecule has 2 aliphatic heterocycles. The summed E-state index contributed by atoms with van der Waals surface area (Å²) in [6, 6.07) is 6.88. The summed E-state index contributed by atoms with van der Waals surface area (Å²) < 4.78 is 5.48. The minimum Gasteiger partial charge on any atom is -0.504 e. The summed E-state index contributed by atoms with van der Waals surface area (Å²) >= 11 is 2.07. The first-order chi connectivity index (χ1) is 12.2. The van der Waals surface area contributed by atoms with E-state index in [0.29, 0.717) is 11.8 Å². The van der Waals surface area contributed by atoms with Gasteiger partial charge in [-0.2, -0.15) is 0 Å². The summed E-state index contributed by atoms with van der Waals surface area (Å²) in [6.45, 7) is 1.99. The van der Waals surface area contributed by atoms with E-state index in [0.717, 1.165) is 31.8 Å². The van der Waals surface area contributed by atoms with Gasteiger partial charge in [-0.15, -0.1) is 11.3 Å². The zero-order chi connectivity index (χ0) is 17.0. The van der Waals surface area contributed by atoms with Gasteiger partial charge in [0.25, 0.3) is 0 Å². The van der Waals surface area contributed by atoms with E-state index in [2.05, 4.69) is 28.4 Å². The summed E-state index contributed by atoms with van der Waals surface area (Å²) in [4.78, 5) is 5.79. The molecule has 4 heteroatoms. The maximum Gasteiger partial charge on any atom is 0.165 e. The van der Waals surface area contributed by atoms with E-state index in [9.17, 15) is 5.11 Å². The Labute approximate surface area is 153 Å². The Kier molecular flexibility index (Phi) is 3.79. The van der Waals surface area contributed by atoms with Crippen molar-refractivity contribution in [1.29, 1.82) is 0 Å². The molecule has 132 valence electrons. The third-order valence-corrected chi connectivity index (χ3v) is 7.58. The van der Waals surface area contributed by atoms with Crippen molar-refractivity contribution in [1.82, 2.24) is 4.90 Å². The van der Waals surface area contributed by atoms with Crippen molar-refractivity contribution >= 4 is 11.3 Å². The van der Waals surface area contributed by atoms with Gasteiger partial charge in [0.1, 0.15) is 0 Å². The Morgan fingerprint density at radius 2 is 2.20 bits per heavy atom. The number of hydrogen-bond acceptors (Lipinski definition) is 4. The van der Waals surface area contributed by atoms with Gasteiger partial charge in [-0.3, -0.25) is 4.90 Å². The van der Waals surface area contributed by atoms with E-state index in [1.807, 2.05) is 0 Å². The smallest absolute Gasteiger partial charge is 0.165 e. The molecule has 25 heavy (non-hydrogen) atoms. The highest BCUT2D eigenvalue weighted by Gasteiger charge is 2.35. The average molecular weight is 356 g/mol. The van der Waals surface area contributed by atoms with Crippen LogP contribution in [0, 0.1) is 5.92 Å². The standard InChI is InChI=1S/C21H25NO2S/c1-24-21-17-12-22-8-7-20-16(11-15(25-20)9-13-3-2-4-13)18(22)10-14(17)5-6-19(21)23/h5-6,11,13,18,23H,2-4,7-10,12H2,1H3/t18-/m0/s1. The van der Waals surface area contributed by atoms with Gasteiger partial charge in [0.15, 0.2) is 11.5 Å². The average Bonchev–Trinajstić information content (AvgIpc) is 3.00. The molecule has 1 N–H and O–H groups in total. The summed E-state index contributed by atoms with van der Waals surface area (Å²) in [6.07, 6.45) is 7.76. The fraction of sp³-hybridized carbons (Fsp3) is 0.524. The third-order valence-electron chi connectivity index (χ3n) is 6.35. The number of aromatic hydroxyl groups is 1. The minimum absolute atomic E-state index is 0.260. The second-order valence-corrected chi connectivity index (χ2v) is 9.01. The lowest BCUT2D eigenvalue weighted by molar-refractivity contribution is 0.159. The molecule has 1 aliphatic carbocycles. The number of nitrogens with zero attached hydrogens (tertiary/aromatic N) is 1. The maximum absolute atomic E-state index is 10.1. The third kappa shape index (κ3) is 2.58. The number of ether oxygens (including phenoxy) is 1. The molecule has 0 radical (unpaired) electrons. The van der Waals surface area contributed by atoms with E-state index in [4.69, 9.17) is 4.74 Å². The van der Waals surface area contributed by atoms with Crippen molar-refractivity contribution < 1.29 is 9.84 Å². The summed E-state index contributed by atoms with van der Waals surface area (Å²) in [7, 11) is 1.65. The first kappa shape index (κ1) is 15.7. The molecule has 0 unspecified atom stereocenters. The van der Waals surface area contributed by atoms with Crippen LogP contribution in [0.5, 0.6) is 11.5 Å². The highest BCUT2D eigenvalue weighted by Crippen LogP contribution is 2.45. The summed E-state index contributed by atoms with van der Waals surface area (Å²) in [5.74, 6) is 1.86. The van der Waals surface area contributed by atoms with Crippen LogP contribution in [0.15, 0.2) is 18.2 Å². The molecule has 0 bridgehead atoms. The molecule has 3 aliphatic rings. The molecule has 5 rings (SSSR count). The van der Waals surface area contributed by atoms with Gasteiger partial charge < -0.3 is 9.84 Å². The van der Waals surface area contributed by atoms with Gasteiger partial charge in [0.05, 0.1) is 7.11 Å².